The minimum atomic E-state index is -3.65. The molecule has 5 rings (SSSR count). The third-order valence-electron chi connectivity index (χ3n) is 6.35. The van der Waals surface area contributed by atoms with Gasteiger partial charge in [-0.3, -0.25) is 9.52 Å². The van der Waals surface area contributed by atoms with Gasteiger partial charge >= 0.3 is 0 Å². The summed E-state index contributed by atoms with van der Waals surface area (Å²) in [6.45, 7) is 3.47. The first kappa shape index (κ1) is 27.3. The summed E-state index contributed by atoms with van der Waals surface area (Å²) < 4.78 is 33.7. The summed E-state index contributed by atoms with van der Waals surface area (Å²) in [6.07, 6.45) is 4.71. The lowest BCUT2D eigenvalue weighted by molar-refractivity contribution is -0.111. The van der Waals surface area contributed by atoms with Crippen molar-refractivity contribution in [1.29, 1.82) is 0 Å². The van der Waals surface area contributed by atoms with Gasteiger partial charge in [0.15, 0.2) is 0 Å². The molecule has 1 fully saturated rings. The fourth-order valence-corrected chi connectivity index (χ4v) is 5.61. The number of aromatic amines is 1. The maximum Gasteiger partial charge on any atom is 0.248 e. The number of likely N-dealkylation sites (N-methyl/N-ethyl adjacent to an activating group) is 1. The molecule has 4 N–H and O–H groups in total. The molecule has 0 saturated carbocycles. The van der Waals surface area contributed by atoms with E-state index in [1.807, 2.05) is 18.2 Å². The summed E-state index contributed by atoms with van der Waals surface area (Å²) >= 11 is 0. The van der Waals surface area contributed by atoms with E-state index in [1.165, 1.54) is 6.08 Å². The lowest BCUT2D eigenvalue weighted by Gasteiger charge is -2.27. The van der Waals surface area contributed by atoms with Crippen LogP contribution < -0.4 is 20.3 Å². The van der Waals surface area contributed by atoms with E-state index in [0.717, 1.165) is 41.2 Å². The van der Waals surface area contributed by atoms with Gasteiger partial charge in [0.1, 0.15) is 17.8 Å². The number of morpholine rings is 1. The van der Waals surface area contributed by atoms with Gasteiger partial charge in [-0.1, -0.05) is 30.3 Å². The maximum atomic E-state index is 12.8. The molecule has 0 unspecified atom stereocenters. The Hall–Kier alpha value is -4.26. The van der Waals surface area contributed by atoms with Crippen molar-refractivity contribution >= 4 is 44.2 Å². The van der Waals surface area contributed by atoms with Crippen molar-refractivity contribution in [1.82, 2.24) is 20.3 Å². The van der Waals surface area contributed by atoms with Gasteiger partial charge in [-0.05, 0) is 48.5 Å². The van der Waals surface area contributed by atoms with Crippen molar-refractivity contribution < 1.29 is 17.9 Å². The highest BCUT2D eigenvalue weighted by Gasteiger charge is 2.18. The summed E-state index contributed by atoms with van der Waals surface area (Å²) in [7, 11) is -1.86. The Morgan fingerprint density at radius 2 is 1.77 bits per heavy atom. The Kier molecular flexibility index (Phi) is 8.39. The van der Waals surface area contributed by atoms with Crippen LogP contribution in [-0.2, 0) is 25.3 Å². The van der Waals surface area contributed by atoms with E-state index in [0.29, 0.717) is 36.7 Å². The quantitative estimate of drug-likeness (QED) is 0.217. The molecule has 11 nitrogen and oxygen atoms in total. The number of fused-ring (bicyclic) bond motifs is 1. The number of ether oxygens (including phenoxy) is 1. The predicted molar refractivity (Wildman–Crippen MR) is 157 cm³/mol. The van der Waals surface area contributed by atoms with Crippen LogP contribution in [0.5, 0.6) is 0 Å². The molecule has 0 atom stereocenters. The molecule has 1 aliphatic rings. The van der Waals surface area contributed by atoms with Crippen molar-refractivity contribution in [2.45, 2.75) is 5.75 Å². The average Bonchev–Trinajstić information content (AvgIpc) is 3.39. The molecule has 1 saturated heterocycles. The van der Waals surface area contributed by atoms with Gasteiger partial charge in [0, 0.05) is 42.8 Å². The van der Waals surface area contributed by atoms with Crippen molar-refractivity contribution in [3.05, 3.63) is 78.6 Å². The Morgan fingerprint density at radius 1 is 1.05 bits per heavy atom. The standard InChI is InChI=1S/C28H31N7O4S/c1-29-12-2-3-26(36)32-22-8-4-20(5-9-22)18-40(37,38)34-23-10-6-21(7-11-23)25-17-24-27(33-25)30-19-31-28(24)35-13-15-39-16-14-35/h2-11,17,19,29,34H,12-16,18H2,1H3,(H,32,36)(H,30,31,33)/b3-2+. The van der Waals surface area contributed by atoms with Crippen LogP contribution in [0.4, 0.5) is 17.2 Å². The highest BCUT2D eigenvalue weighted by molar-refractivity contribution is 7.91. The van der Waals surface area contributed by atoms with Gasteiger partial charge in [0.25, 0.3) is 0 Å². The molecule has 2 aromatic carbocycles. The molecule has 0 bridgehead atoms. The lowest BCUT2D eigenvalue weighted by Crippen LogP contribution is -2.36. The maximum absolute atomic E-state index is 12.8. The second kappa shape index (κ2) is 12.3. The molecule has 3 heterocycles. The number of nitrogens with one attached hydrogen (secondary N) is 4. The zero-order valence-electron chi connectivity index (χ0n) is 22.1. The zero-order valence-corrected chi connectivity index (χ0v) is 22.9. The van der Waals surface area contributed by atoms with E-state index in [1.54, 1.807) is 55.8 Å². The predicted octanol–water partition coefficient (Wildman–Crippen LogP) is 3.12. The summed E-state index contributed by atoms with van der Waals surface area (Å²) in [5.74, 6) is 0.423. The fraction of sp³-hybridized carbons (Fsp3) is 0.250. The van der Waals surface area contributed by atoms with E-state index >= 15 is 0 Å². The highest BCUT2D eigenvalue weighted by Crippen LogP contribution is 2.30. The van der Waals surface area contributed by atoms with Gasteiger partial charge in [0.05, 0.1) is 24.4 Å². The third-order valence-corrected chi connectivity index (χ3v) is 7.61. The number of aromatic nitrogens is 3. The number of hydrogen-bond donors (Lipinski definition) is 4. The Morgan fingerprint density at radius 3 is 2.50 bits per heavy atom. The van der Waals surface area contributed by atoms with Crippen LogP contribution in [0.3, 0.4) is 0 Å². The number of carbonyl (C=O) groups excluding carboxylic acids is 1. The number of hydrogen-bond acceptors (Lipinski definition) is 8. The van der Waals surface area contributed by atoms with Crippen LogP contribution >= 0.6 is 0 Å². The number of nitrogens with zero attached hydrogens (tertiary/aromatic N) is 3. The van der Waals surface area contributed by atoms with E-state index in [-0.39, 0.29) is 11.7 Å². The Labute approximate surface area is 232 Å². The molecule has 208 valence electrons. The largest absolute Gasteiger partial charge is 0.378 e. The van der Waals surface area contributed by atoms with E-state index in [4.69, 9.17) is 4.74 Å². The van der Waals surface area contributed by atoms with Gasteiger partial charge in [-0.15, -0.1) is 0 Å². The highest BCUT2D eigenvalue weighted by atomic mass is 32.2. The van der Waals surface area contributed by atoms with Crippen LogP contribution in [-0.4, -0.2) is 69.2 Å². The van der Waals surface area contributed by atoms with E-state index in [2.05, 4.69) is 35.2 Å². The number of sulfonamides is 1. The van der Waals surface area contributed by atoms with Gasteiger partial charge in [-0.25, -0.2) is 18.4 Å². The van der Waals surface area contributed by atoms with E-state index in [9.17, 15) is 13.2 Å². The molecule has 1 aliphatic heterocycles. The lowest BCUT2D eigenvalue weighted by atomic mass is 10.1. The van der Waals surface area contributed by atoms with Crippen LogP contribution in [0, 0.1) is 0 Å². The van der Waals surface area contributed by atoms with Crippen LogP contribution in [0.15, 0.2) is 73.1 Å². The average molecular weight is 562 g/mol. The molecule has 4 aromatic rings. The fourth-order valence-electron chi connectivity index (χ4n) is 4.41. The number of amides is 1. The first-order valence-electron chi connectivity index (χ1n) is 12.9. The topological polar surface area (TPSA) is 141 Å². The monoisotopic (exact) mass is 561 g/mol. The Bertz CT molecular complexity index is 1590. The molecule has 0 spiro atoms. The minimum Gasteiger partial charge on any atom is -0.378 e. The second-order valence-electron chi connectivity index (χ2n) is 9.33. The third kappa shape index (κ3) is 6.84. The Balaban J connectivity index is 1.22. The molecule has 0 radical (unpaired) electrons. The van der Waals surface area contributed by atoms with Crippen molar-refractivity contribution in [3.63, 3.8) is 0 Å². The zero-order chi connectivity index (χ0) is 28.0. The number of benzene rings is 2. The molecular formula is C28H31N7O4S. The van der Waals surface area contributed by atoms with Crippen LogP contribution in [0.1, 0.15) is 5.56 Å². The second-order valence-corrected chi connectivity index (χ2v) is 11.0. The molecule has 1 amide bonds. The smallest absolute Gasteiger partial charge is 0.248 e. The summed E-state index contributed by atoms with van der Waals surface area (Å²) in [5, 5.41) is 6.59. The number of H-pyrrole nitrogens is 1. The number of rotatable bonds is 10. The number of carbonyl (C=O) groups is 1. The SMILES string of the molecule is CNC/C=C/C(=O)Nc1ccc(CS(=O)(=O)Nc2ccc(-c3cc4c(N5CCOCC5)ncnc4[nH]3)cc2)cc1. The van der Waals surface area contributed by atoms with E-state index < -0.39 is 10.0 Å². The minimum absolute atomic E-state index is 0.198. The first-order chi connectivity index (χ1) is 19.4. The van der Waals surface area contributed by atoms with Crippen LogP contribution in [0.2, 0.25) is 0 Å². The van der Waals surface area contributed by atoms with Crippen molar-refractivity contribution in [2.75, 3.05) is 54.8 Å². The summed E-state index contributed by atoms with van der Waals surface area (Å²) in [5.41, 5.74) is 4.15. The van der Waals surface area contributed by atoms with Gasteiger partial charge in [-0.2, -0.15) is 0 Å². The first-order valence-corrected chi connectivity index (χ1v) is 14.5. The molecule has 0 aliphatic carbocycles. The van der Waals surface area contributed by atoms with Gasteiger partial charge in [0.2, 0.25) is 15.9 Å². The molecule has 12 heteroatoms. The van der Waals surface area contributed by atoms with Crippen molar-refractivity contribution in [3.8, 4) is 11.3 Å². The summed E-state index contributed by atoms with van der Waals surface area (Å²) in [4.78, 5) is 26.3. The van der Waals surface area contributed by atoms with Crippen molar-refractivity contribution in [2.24, 2.45) is 0 Å². The van der Waals surface area contributed by atoms with Crippen LogP contribution in [0.25, 0.3) is 22.3 Å². The normalized spacial score (nSPS) is 14.1. The molecule has 2 aromatic heterocycles. The molecular weight excluding hydrogens is 530 g/mol. The van der Waals surface area contributed by atoms with Gasteiger partial charge < -0.3 is 25.3 Å². The number of anilines is 3. The summed E-state index contributed by atoms with van der Waals surface area (Å²) in [6, 6.07) is 15.9. The molecule has 40 heavy (non-hydrogen) atoms.